The molecule has 1 atom stereocenters. The van der Waals surface area contributed by atoms with Gasteiger partial charge in [0.1, 0.15) is 5.60 Å². The molecule has 80 valence electrons. The monoisotopic (exact) mass is 197 g/mol. The Kier molecular flexibility index (Phi) is 4.49. The molecule has 0 saturated heterocycles. The maximum atomic E-state index is 11.5. The van der Waals surface area contributed by atoms with Crippen molar-refractivity contribution >= 4 is 6.09 Å². The molecule has 3 heteroatoms. The van der Waals surface area contributed by atoms with Crippen LogP contribution in [0.15, 0.2) is 0 Å². The van der Waals surface area contributed by atoms with E-state index >= 15 is 0 Å². The van der Waals surface area contributed by atoms with Gasteiger partial charge in [-0.3, -0.25) is 4.90 Å². The summed E-state index contributed by atoms with van der Waals surface area (Å²) in [6, 6.07) is -0.190. The summed E-state index contributed by atoms with van der Waals surface area (Å²) < 4.78 is 5.18. The van der Waals surface area contributed by atoms with Crippen LogP contribution in [0.4, 0.5) is 4.79 Å². The Labute approximate surface area is 86.4 Å². The van der Waals surface area contributed by atoms with Gasteiger partial charge < -0.3 is 4.74 Å². The maximum absolute atomic E-state index is 11.5. The van der Waals surface area contributed by atoms with Crippen molar-refractivity contribution in [3.05, 3.63) is 0 Å². The van der Waals surface area contributed by atoms with Crippen molar-refractivity contribution in [1.82, 2.24) is 4.90 Å². The van der Waals surface area contributed by atoms with Crippen molar-refractivity contribution in [2.45, 2.75) is 45.8 Å². The Morgan fingerprint density at radius 2 is 2.07 bits per heavy atom. The number of carbonyl (C=O) groups excluding carboxylic acids is 1. The molecule has 0 aliphatic rings. The summed E-state index contributed by atoms with van der Waals surface area (Å²) >= 11 is 0. The van der Waals surface area contributed by atoms with Crippen molar-refractivity contribution in [2.75, 3.05) is 7.05 Å². The van der Waals surface area contributed by atoms with E-state index in [0.29, 0.717) is 0 Å². The van der Waals surface area contributed by atoms with Gasteiger partial charge in [-0.05, 0) is 27.2 Å². The lowest BCUT2D eigenvalue weighted by Gasteiger charge is -2.27. The third-order valence-corrected chi connectivity index (χ3v) is 1.73. The lowest BCUT2D eigenvalue weighted by atomic mass is 10.2. The SMILES string of the molecule is C#CC(CC)N(C)C(=O)OC(C)(C)C. The van der Waals surface area contributed by atoms with Gasteiger partial charge >= 0.3 is 6.09 Å². The number of rotatable bonds is 2. The molecule has 0 bridgehead atoms. The van der Waals surface area contributed by atoms with E-state index in [1.165, 1.54) is 4.90 Å². The van der Waals surface area contributed by atoms with Gasteiger partial charge in [0.15, 0.2) is 0 Å². The van der Waals surface area contributed by atoms with Gasteiger partial charge in [-0.25, -0.2) is 4.79 Å². The predicted octanol–water partition coefficient (Wildman–Crippen LogP) is 2.27. The number of ether oxygens (including phenoxy) is 1. The number of nitrogens with zero attached hydrogens (tertiary/aromatic N) is 1. The second-order valence-electron chi connectivity index (χ2n) is 4.18. The summed E-state index contributed by atoms with van der Waals surface area (Å²) in [5.41, 5.74) is -0.474. The summed E-state index contributed by atoms with van der Waals surface area (Å²) in [7, 11) is 1.65. The molecule has 0 aliphatic carbocycles. The number of amides is 1. The molecule has 1 unspecified atom stereocenters. The highest BCUT2D eigenvalue weighted by Crippen LogP contribution is 2.11. The molecule has 0 N–H and O–H groups in total. The van der Waals surface area contributed by atoms with Gasteiger partial charge in [-0.15, -0.1) is 6.42 Å². The van der Waals surface area contributed by atoms with E-state index in [1.807, 2.05) is 27.7 Å². The lowest BCUT2D eigenvalue weighted by Crippen LogP contribution is -2.39. The fourth-order valence-electron chi connectivity index (χ4n) is 0.965. The van der Waals surface area contributed by atoms with Crippen LogP contribution in [-0.2, 0) is 4.74 Å². The van der Waals surface area contributed by atoms with E-state index in [0.717, 1.165) is 6.42 Å². The van der Waals surface area contributed by atoms with E-state index in [9.17, 15) is 4.79 Å². The minimum Gasteiger partial charge on any atom is -0.444 e. The summed E-state index contributed by atoms with van der Waals surface area (Å²) in [5.74, 6) is 2.54. The van der Waals surface area contributed by atoms with Crippen molar-refractivity contribution < 1.29 is 9.53 Å². The highest BCUT2D eigenvalue weighted by molar-refractivity contribution is 5.68. The van der Waals surface area contributed by atoms with Gasteiger partial charge in [-0.2, -0.15) is 0 Å². The van der Waals surface area contributed by atoms with Crippen molar-refractivity contribution in [3.8, 4) is 12.3 Å². The minimum absolute atomic E-state index is 0.190. The molecule has 0 aromatic heterocycles. The van der Waals surface area contributed by atoms with Crippen LogP contribution < -0.4 is 0 Å². The molecule has 1 amide bonds. The maximum Gasteiger partial charge on any atom is 0.411 e. The van der Waals surface area contributed by atoms with Crippen LogP contribution in [0.3, 0.4) is 0 Å². The van der Waals surface area contributed by atoms with E-state index in [-0.39, 0.29) is 12.1 Å². The van der Waals surface area contributed by atoms with Crippen LogP contribution >= 0.6 is 0 Å². The number of carbonyl (C=O) groups is 1. The lowest BCUT2D eigenvalue weighted by molar-refractivity contribution is 0.0259. The fourth-order valence-corrected chi connectivity index (χ4v) is 0.965. The van der Waals surface area contributed by atoms with Gasteiger partial charge in [0.2, 0.25) is 0 Å². The molecule has 3 nitrogen and oxygen atoms in total. The smallest absolute Gasteiger partial charge is 0.411 e. The Hall–Kier alpha value is -1.17. The summed E-state index contributed by atoms with van der Waals surface area (Å²) in [6.07, 6.45) is 5.64. The summed E-state index contributed by atoms with van der Waals surface area (Å²) in [4.78, 5) is 13.0. The molecule has 0 aromatic rings. The quantitative estimate of drug-likeness (QED) is 0.635. The molecule has 0 rings (SSSR count). The standard InChI is InChI=1S/C11H19NO2/c1-7-9(8-2)12(6)10(13)14-11(3,4)5/h1,9H,8H2,2-6H3. The zero-order valence-corrected chi connectivity index (χ0v) is 9.63. The molecular weight excluding hydrogens is 178 g/mol. The largest absolute Gasteiger partial charge is 0.444 e. The van der Waals surface area contributed by atoms with Crippen molar-refractivity contribution in [2.24, 2.45) is 0 Å². The van der Waals surface area contributed by atoms with E-state index in [2.05, 4.69) is 5.92 Å². The summed E-state index contributed by atoms with van der Waals surface area (Å²) in [5, 5.41) is 0. The van der Waals surface area contributed by atoms with Crippen LogP contribution in [0.5, 0.6) is 0 Å². The first-order chi connectivity index (χ1) is 6.31. The van der Waals surface area contributed by atoms with Crippen LogP contribution in [0.1, 0.15) is 34.1 Å². The Morgan fingerprint density at radius 1 is 1.57 bits per heavy atom. The molecule has 0 saturated carbocycles. The van der Waals surface area contributed by atoms with E-state index < -0.39 is 5.60 Å². The molecule has 0 spiro atoms. The first-order valence-corrected chi connectivity index (χ1v) is 4.73. The van der Waals surface area contributed by atoms with Crippen LogP contribution in [0.25, 0.3) is 0 Å². The molecule has 0 heterocycles. The van der Waals surface area contributed by atoms with Gasteiger partial charge in [0.05, 0.1) is 6.04 Å². The molecule has 0 fully saturated rings. The second-order valence-corrected chi connectivity index (χ2v) is 4.18. The molecule has 0 radical (unpaired) electrons. The Morgan fingerprint density at radius 3 is 2.36 bits per heavy atom. The number of terminal acetylenes is 1. The average Bonchev–Trinajstić information content (AvgIpc) is 2.03. The van der Waals surface area contributed by atoms with Crippen LogP contribution in [-0.4, -0.2) is 29.7 Å². The van der Waals surface area contributed by atoms with E-state index in [1.54, 1.807) is 7.05 Å². The summed E-state index contributed by atoms with van der Waals surface area (Å²) in [6.45, 7) is 7.42. The van der Waals surface area contributed by atoms with Crippen molar-refractivity contribution in [1.29, 1.82) is 0 Å². The van der Waals surface area contributed by atoms with Crippen LogP contribution in [0, 0.1) is 12.3 Å². The zero-order valence-electron chi connectivity index (χ0n) is 9.63. The van der Waals surface area contributed by atoms with E-state index in [4.69, 9.17) is 11.2 Å². The third-order valence-electron chi connectivity index (χ3n) is 1.73. The number of hydrogen-bond acceptors (Lipinski definition) is 2. The third kappa shape index (κ3) is 4.18. The van der Waals surface area contributed by atoms with Gasteiger partial charge in [0.25, 0.3) is 0 Å². The Bertz CT molecular complexity index is 235. The molecule has 0 aromatic carbocycles. The molecule has 14 heavy (non-hydrogen) atoms. The normalized spacial score (nSPS) is 12.9. The Balaban J connectivity index is 4.34. The van der Waals surface area contributed by atoms with Gasteiger partial charge in [0, 0.05) is 7.05 Å². The highest BCUT2D eigenvalue weighted by atomic mass is 16.6. The number of hydrogen-bond donors (Lipinski definition) is 0. The van der Waals surface area contributed by atoms with Gasteiger partial charge in [-0.1, -0.05) is 12.8 Å². The predicted molar refractivity (Wildman–Crippen MR) is 56.9 cm³/mol. The average molecular weight is 197 g/mol. The first-order valence-electron chi connectivity index (χ1n) is 4.73. The first kappa shape index (κ1) is 12.8. The van der Waals surface area contributed by atoms with Crippen molar-refractivity contribution in [3.63, 3.8) is 0 Å². The topological polar surface area (TPSA) is 29.5 Å². The molecular formula is C11H19NO2. The van der Waals surface area contributed by atoms with Crippen LogP contribution in [0.2, 0.25) is 0 Å². The zero-order chi connectivity index (χ0) is 11.4. The fraction of sp³-hybridized carbons (Fsp3) is 0.727. The second kappa shape index (κ2) is 4.90. The highest BCUT2D eigenvalue weighted by Gasteiger charge is 2.22. The molecule has 0 aliphatic heterocycles. The minimum atomic E-state index is -0.474.